The van der Waals surface area contributed by atoms with Crippen LogP contribution in [0.1, 0.15) is 70.0 Å². The second-order valence-electron chi connectivity index (χ2n) is 21.3. The number of fused-ring (bicyclic) bond motifs is 3. The van der Waals surface area contributed by atoms with Crippen LogP contribution < -0.4 is 4.72 Å². The van der Waals surface area contributed by atoms with Crippen LogP contribution in [0.15, 0.2) is 210 Å². The Balaban J connectivity index is 0.000000151. The first-order valence-corrected chi connectivity index (χ1v) is 33.8. The molecule has 0 radical (unpaired) electrons. The van der Waals surface area contributed by atoms with Crippen molar-refractivity contribution < 1.29 is 48.3 Å². The number of nitrogens with one attached hydrogen (secondary N) is 4. The van der Waals surface area contributed by atoms with Crippen LogP contribution in [0.25, 0.3) is 103 Å². The quantitative estimate of drug-likeness (QED) is 0.0605. The monoisotopic (exact) mass is 1310 g/mol. The summed E-state index contributed by atoms with van der Waals surface area (Å²) in [5, 5.41) is 10.7. The predicted octanol–water partition coefficient (Wildman–Crippen LogP) is 16.2. The third kappa shape index (κ3) is 15.9. The van der Waals surface area contributed by atoms with Crippen molar-refractivity contribution in [2.45, 2.75) is 35.3 Å². The van der Waals surface area contributed by atoms with Crippen LogP contribution in [-0.4, -0.2) is 84.1 Å². The molecule has 0 saturated heterocycles. The van der Waals surface area contributed by atoms with Crippen LogP contribution in [0.5, 0.6) is 0 Å². The fourth-order valence-corrected chi connectivity index (χ4v) is 11.7. The second kappa shape index (κ2) is 27.2. The summed E-state index contributed by atoms with van der Waals surface area (Å²) in [5.41, 5.74) is 8.08. The van der Waals surface area contributed by atoms with Crippen molar-refractivity contribution in [2.24, 2.45) is 0 Å². The summed E-state index contributed by atoms with van der Waals surface area (Å²) in [7, 11) is -11.9. The van der Waals surface area contributed by atoms with Crippen LogP contribution in [-0.2, 0) is 29.7 Å². The van der Waals surface area contributed by atoms with Gasteiger partial charge in [-0.25, -0.2) is 31.8 Å². The van der Waals surface area contributed by atoms with E-state index >= 15 is 0 Å². The highest BCUT2D eigenvalue weighted by molar-refractivity contribution is 7.93. The topological polar surface area (TPSA) is 238 Å². The molecule has 3 aromatic heterocycles. The minimum atomic E-state index is -5.54. The molecular weight excluding hydrogens is 1260 g/mol. The molecule has 0 aliphatic rings. The molecule has 0 aliphatic heterocycles. The zero-order valence-corrected chi connectivity index (χ0v) is 52.7. The number of sulfone groups is 2. The number of hydrogen-bond donors (Lipinski definition) is 5. The summed E-state index contributed by atoms with van der Waals surface area (Å²) in [6.45, 7) is 3.33. The Labute approximate surface area is 533 Å². The number of aliphatic hydroxyl groups excluding tert-OH is 1. The second-order valence-corrected chi connectivity index (χ2v) is 27.4. The first-order valence-electron chi connectivity index (χ1n) is 28.2. The van der Waals surface area contributed by atoms with Crippen molar-refractivity contribution in [1.82, 2.24) is 29.9 Å². The number of imidazole rings is 3. The van der Waals surface area contributed by atoms with E-state index < -0.39 is 41.3 Å². The highest BCUT2D eigenvalue weighted by atomic mass is 35.5. The van der Waals surface area contributed by atoms with Crippen molar-refractivity contribution in [1.29, 1.82) is 0 Å². The van der Waals surface area contributed by atoms with Crippen LogP contribution in [0, 0.1) is 0 Å². The molecule has 1 atom stereocenters. The van der Waals surface area contributed by atoms with E-state index in [1.54, 1.807) is 110 Å². The molecule has 466 valence electrons. The molecule has 22 heteroatoms. The number of hydrogen-bond acceptors (Lipinski definition) is 11. The minimum absolute atomic E-state index is 0.0285. The molecule has 9 aromatic carbocycles. The Hall–Kier alpha value is -10.0. The van der Waals surface area contributed by atoms with Crippen LogP contribution >= 0.6 is 11.6 Å². The maximum absolute atomic E-state index is 12.8. The number of benzene rings is 9. The van der Waals surface area contributed by atoms with Gasteiger partial charge in [0.05, 0.1) is 54.7 Å². The Morgan fingerprint density at radius 3 is 1.28 bits per heavy atom. The average Bonchev–Trinajstić information content (AvgIpc) is 1.53. The van der Waals surface area contributed by atoms with Crippen LogP contribution in [0.3, 0.4) is 0 Å². The normalized spacial score (nSPS) is 12.5. The molecule has 3 heterocycles. The molecule has 0 bridgehead atoms. The number of nitrogens with zero attached hydrogens (tertiary/aromatic N) is 3. The summed E-state index contributed by atoms with van der Waals surface area (Å²) in [4.78, 5) is 35.9. The standard InChI is InChI=1S/C24H22N2O3S.C24H20N2O3S.C22H15ClF3N3O2S/c2*1-16(27)20-5-3-4-6-21(20)18-10-13-22-23(15-18)26-24(25-22)14-9-17-7-11-19(12-8-17)30(2,28)29;23-16-9-5-14(6-10-16)7-12-21-27-19-11-8-15(13-20(19)28-21)17-3-1-2-4-18(17)29-32(30,31)22(24,25)26/h3-16,27H,1-2H3,(H,25,26);3-15H,1-2H3,(H,25,26);1-13,29H,(H,27,28)/b2*14-9+;12-7+. The molecule has 0 fully saturated rings. The van der Waals surface area contributed by atoms with Gasteiger partial charge in [0, 0.05) is 28.7 Å². The lowest BCUT2D eigenvalue weighted by Crippen LogP contribution is -2.30. The fourth-order valence-electron chi connectivity index (χ4n) is 9.77. The van der Waals surface area contributed by atoms with E-state index in [-0.39, 0.29) is 11.5 Å². The number of aromatic nitrogens is 6. The number of halogens is 4. The number of carbonyl (C=O) groups is 1. The number of sulfonamides is 1. The summed E-state index contributed by atoms with van der Waals surface area (Å²) < 4.78 is 109. The molecule has 92 heavy (non-hydrogen) atoms. The van der Waals surface area contributed by atoms with Crippen molar-refractivity contribution in [3.8, 4) is 33.4 Å². The first-order chi connectivity index (χ1) is 43.7. The number of aromatic amines is 3. The van der Waals surface area contributed by atoms with Crippen molar-refractivity contribution in [2.75, 3.05) is 17.2 Å². The number of rotatable bonds is 15. The van der Waals surface area contributed by atoms with Gasteiger partial charge in [-0.3, -0.25) is 9.52 Å². The van der Waals surface area contributed by atoms with Crippen LogP contribution in [0.2, 0.25) is 5.02 Å². The molecule has 0 amide bonds. The van der Waals surface area contributed by atoms with Gasteiger partial charge in [-0.1, -0.05) is 151 Å². The van der Waals surface area contributed by atoms with E-state index in [2.05, 4.69) is 29.9 Å². The zero-order valence-electron chi connectivity index (χ0n) is 49.5. The fraction of sp³-hybridized carbons (Fsp3) is 0.0857. The maximum atomic E-state index is 12.8. The Morgan fingerprint density at radius 1 is 0.500 bits per heavy atom. The van der Waals surface area contributed by atoms with E-state index in [0.717, 1.165) is 66.6 Å². The van der Waals surface area contributed by atoms with Crippen LogP contribution in [0.4, 0.5) is 18.9 Å². The van der Waals surface area contributed by atoms with Gasteiger partial charge in [-0.05, 0) is 161 Å². The van der Waals surface area contributed by atoms with Crippen molar-refractivity contribution in [3.63, 3.8) is 0 Å². The molecule has 0 saturated carbocycles. The third-order valence-electron chi connectivity index (χ3n) is 14.4. The van der Waals surface area contributed by atoms with Gasteiger partial charge in [0.15, 0.2) is 25.5 Å². The van der Waals surface area contributed by atoms with E-state index in [1.807, 2.05) is 127 Å². The van der Waals surface area contributed by atoms with Gasteiger partial charge in [0.1, 0.15) is 17.5 Å². The van der Waals surface area contributed by atoms with Crippen molar-refractivity contribution in [3.05, 3.63) is 251 Å². The number of carbonyl (C=O) groups excluding carboxylic acids is 1. The van der Waals surface area contributed by atoms with Crippen molar-refractivity contribution >= 4 is 122 Å². The highest BCUT2D eigenvalue weighted by Gasteiger charge is 2.46. The molecule has 1 unspecified atom stereocenters. The van der Waals surface area contributed by atoms with E-state index in [9.17, 15) is 48.3 Å². The van der Waals surface area contributed by atoms with Gasteiger partial charge in [-0.2, -0.15) is 21.6 Å². The summed E-state index contributed by atoms with van der Waals surface area (Å²) in [6, 6.07) is 58.8. The SMILES string of the molecule is CC(=O)c1ccccc1-c1ccc2nc(/C=C/c3ccc(S(C)(=O)=O)cc3)[nH]c2c1.CC(O)c1ccccc1-c1ccc2nc(/C=C/c3ccc(S(C)(=O)=O)cc3)[nH]c2c1.O=S(=O)(Nc1ccccc1-c1ccc2nc(/C=C/c3ccc(Cl)cc3)[nH]c2c1)C(F)(F)F. The number of anilines is 1. The molecule has 0 spiro atoms. The number of H-pyrrole nitrogens is 3. The third-order valence-corrected chi connectivity index (χ3v) is 18.0. The van der Waals surface area contributed by atoms with Gasteiger partial charge in [0.25, 0.3) is 0 Å². The Bertz CT molecular complexity index is 5160. The molecule has 5 N–H and O–H groups in total. The Kier molecular flexibility index (Phi) is 19.2. The average molecular weight is 1310 g/mol. The summed E-state index contributed by atoms with van der Waals surface area (Å²) >= 11 is 5.88. The number of Topliss-reactive ketones (excluding diaryl/α,β-unsaturated/α-hetero) is 1. The molecule has 12 rings (SSSR count). The number of alkyl halides is 3. The molecule has 12 aromatic rings. The molecule has 0 aliphatic carbocycles. The zero-order chi connectivity index (χ0) is 65.5. The van der Waals surface area contributed by atoms with Gasteiger partial charge < -0.3 is 20.1 Å². The highest BCUT2D eigenvalue weighted by Crippen LogP contribution is 2.35. The largest absolute Gasteiger partial charge is 0.516 e. The minimum Gasteiger partial charge on any atom is -0.389 e. The van der Waals surface area contributed by atoms with E-state index in [0.29, 0.717) is 60.0 Å². The lowest BCUT2D eigenvalue weighted by Gasteiger charge is -2.14. The number of ketones is 1. The lowest BCUT2D eigenvalue weighted by atomic mass is 9.96. The smallest absolute Gasteiger partial charge is 0.389 e. The Morgan fingerprint density at radius 2 is 0.870 bits per heavy atom. The lowest BCUT2D eigenvalue weighted by molar-refractivity contribution is -0.0429. The van der Waals surface area contributed by atoms with Gasteiger partial charge >= 0.3 is 15.5 Å². The predicted molar refractivity (Wildman–Crippen MR) is 361 cm³/mol. The molecule has 15 nitrogen and oxygen atoms in total. The summed E-state index contributed by atoms with van der Waals surface area (Å²) in [5.74, 6) is 2.01. The van der Waals surface area contributed by atoms with Gasteiger partial charge in [-0.15, -0.1) is 0 Å². The molecular formula is C70H57ClF3N7O8S3. The van der Waals surface area contributed by atoms with E-state index in [1.165, 1.54) is 30.7 Å². The number of para-hydroxylation sites is 1. The number of aliphatic hydroxyl groups is 1. The summed E-state index contributed by atoms with van der Waals surface area (Å²) in [6.07, 6.45) is 12.9. The first kappa shape index (κ1) is 64.9. The van der Waals surface area contributed by atoms with Gasteiger partial charge in [0.2, 0.25) is 0 Å². The maximum Gasteiger partial charge on any atom is 0.516 e. The van der Waals surface area contributed by atoms with E-state index in [4.69, 9.17) is 11.6 Å².